The minimum atomic E-state index is -1.19. The molecule has 5 unspecified atom stereocenters. The normalized spacial score (nSPS) is 25.2. The third-order valence-electron chi connectivity index (χ3n) is 6.30. The van der Waals surface area contributed by atoms with Gasteiger partial charge in [0, 0.05) is 0 Å². The second kappa shape index (κ2) is 11.4. The Balaban J connectivity index is 1.44. The van der Waals surface area contributed by atoms with Gasteiger partial charge in [0.2, 0.25) is 0 Å². The summed E-state index contributed by atoms with van der Waals surface area (Å²) < 4.78 is 35.4. The first kappa shape index (κ1) is 26.6. The van der Waals surface area contributed by atoms with E-state index < -0.39 is 54.4 Å². The number of hydrogen-bond acceptors (Lipinski definition) is 9. The molecule has 0 aliphatic carbocycles. The summed E-state index contributed by atoms with van der Waals surface area (Å²) >= 11 is 0. The number of ether oxygens (including phenoxy) is 6. The molecule has 0 aromatic heterocycles. The summed E-state index contributed by atoms with van der Waals surface area (Å²) in [7, 11) is 0. The topological polar surface area (TPSA) is 107 Å². The van der Waals surface area contributed by atoms with Gasteiger partial charge in [0.25, 0.3) is 0 Å². The third kappa shape index (κ3) is 6.17. The van der Waals surface area contributed by atoms with Crippen molar-refractivity contribution in [3.05, 3.63) is 108 Å². The van der Waals surface area contributed by atoms with E-state index in [1.54, 1.807) is 105 Å². The Bertz CT molecular complexity index is 1290. The average Bonchev–Trinajstić information content (AvgIpc) is 3.28. The molecule has 2 heterocycles. The smallest absolute Gasteiger partial charge is 0.338 e. The number of hydrogen-bond donors (Lipinski definition) is 0. The van der Waals surface area contributed by atoms with Gasteiger partial charge in [-0.25, -0.2) is 14.4 Å². The molecule has 0 saturated carbocycles. The molecule has 0 N–H and O–H groups in total. The zero-order chi connectivity index (χ0) is 27.4. The highest BCUT2D eigenvalue weighted by atomic mass is 16.8. The zero-order valence-corrected chi connectivity index (χ0v) is 21.4. The predicted molar refractivity (Wildman–Crippen MR) is 137 cm³/mol. The highest BCUT2D eigenvalue weighted by Gasteiger charge is 2.58. The number of carbonyl (C=O) groups is 3. The van der Waals surface area contributed by atoms with Crippen LogP contribution in [0.5, 0.6) is 0 Å². The zero-order valence-electron chi connectivity index (χ0n) is 21.4. The van der Waals surface area contributed by atoms with Gasteiger partial charge in [0.15, 0.2) is 30.4 Å². The van der Waals surface area contributed by atoms with Crippen LogP contribution in [0, 0.1) is 0 Å². The van der Waals surface area contributed by atoms with E-state index in [0.717, 1.165) is 0 Å². The average molecular weight is 533 g/mol. The molecule has 39 heavy (non-hydrogen) atoms. The molecule has 2 aliphatic heterocycles. The van der Waals surface area contributed by atoms with Gasteiger partial charge < -0.3 is 28.4 Å². The quantitative estimate of drug-likeness (QED) is 0.327. The Morgan fingerprint density at radius 2 is 1.13 bits per heavy atom. The monoisotopic (exact) mass is 532 g/mol. The molecular formula is C30H28O9. The summed E-state index contributed by atoms with van der Waals surface area (Å²) in [5.74, 6) is -2.97. The number of carbonyl (C=O) groups excluding carboxylic acids is 3. The lowest BCUT2D eigenvalue weighted by Gasteiger charge is -2.41. The first-order valence-corrected chi connectivity index (χ1v) is 12.6. The van der Waals surface area contributed by atoms with E-state index in [0.29, 0.717) is 11.1 Å². The molecule has 9 nitrogen and oxygen atoms in total. The number of esters is 3. The lowest BCUT2D eigenvalue weighted by atomic mass is 9.98. The fourth-order valence-corrected chi connectivity index (χ4v) is 4.49. The molecule has 2 aliphatic rings. The Kier molecular flexibility index (Phi) is 7.74. The van der Waals surface area contributed by atoms with Crippen molar-refractivity contribution in [3.8, 4) is 0 Å². The molecule has 3 aromatic carbocycles. The largest absolute Gasteiger partial charge is 0.459 e. The van der Waals surface area contributed by atoms with Crippen LogP contribution >= 0.6 is 0 Å². The van der Waals surface area contributed by atoms with Crippen LogP contribution in [0.1, 0.15) is 44.9 Å². The van der Waals surface area contributed by atoms with Crippen molar-refractivity contribution < 1.29 is 42.8 Å². The number of rotatable bonds is 7. The van der Waals surface area contributed by atoms with Gasteiger partial charge in [-0.2, -0.15) is 0 Å². The minimum Gasteiger partial charge on any atom is -0.459 e. The van der Waals surface area contributed by atoms with Crippen LogP contribution in [0.25, 0.3) is 0 Å². The van der Waals surface area contributed by atoms with Crippen molar-refractivity contribution in [1.82, 2.24) is 0 Å². The molecule has 2 fully saturated rings. The van der Waals surface area contributed by atoms with Crippen LogP contribution in [0.15, 0.2) is 91.0 Å². The maximum absolute atomic E-state index is 13.1. The SMILES string of the molecule is CC1(C)OC2OC(COC(=O)c3ccccc3)C(OC(=O)c3ccccc3)C(OC(=O)c3ccccc3)C2O1. The second-order valence-electron chi connectivity index (χ2n) is 9.58. The lowest BCUT2D eigenvalue weighted by molar-refractivity contribution is -0.255. The lowest BCUT2D eigenvalue weighted by Crippen LogP contribution is -2.60. The van der Waals surface area contributed by atoms with Crippen LogP contribution in [0.2, 0.25) is 0 Å². The van der Waals surface area contributed by atoms with Gasteiger partial charge in [-0.1, -0.05) is 54.6 Å². The molecule has 5 rings (SSSR count). The minimum absolute atomic E-state index is 0.289. The summed E-state index contributed by atoms with van der Waals surface area (Å²) in [6.45, 7) is 3.09. The van der Waals surface area contributed by atoms with Crippen LogP contribution in [0.4, 0.5) is 0 Å². The molecule has 3 aromatic rings. The van der Waals surface area contributed by atoms with Gasteiger partial charge >= 0.3 is 17.9 Å². The maximum Gasteiger partial charge on any atom is 0.338 e. The summed E-state index contributed by atoms with van der Waals surface area (Å²) in [4.78, 5) is 39.0. The molecule has 0 radical (unpaired) electrons. The molecule has 0 spiro atoms. The number of benzene rings is 3. The van der Waals surface area contributed by atoms with E-state index in [-0.39, 0.29) is 12.2 Å². The van der Waals surface area contributed by atoms with Crippen molar-refractivity contribution in [2.24, 2.45) is 0 Å². The molecule has 0 bridgehead atoms. The van der Waals surface area contributed by atoms with E-state index in [1.807, 2.05) is 0 Å². The van der Waals surface area contributed by atoms with Crippen molar-refractivity contribution in [2.75, 3.05) is 6.61 Å². The van der Waals surface area contributed by atoms with Gasteiger partial charge in [0.05, 0.1) is 16.7 Å². The summed E-state index contributed by atoms with van der Waals surface area (Å²) in [6, 6.07) is 25.2. The summed E-state index contributed by atoms with van der Waals surface area (Å²) in [5, 5.41) is 0. The van der Waals surface area contributed by atoms with E-state index in [2.05, 4.69) is 0 Å². The fourth-order valence-electron chi connectivity index (χ4n) is 4.49. The second-order valence-corrected chi connectivity index (χ2v) is 9.58. The molecule has 0 amide bonds. The maximum atomic E-state index is 13.1. The molecule has 2 saturated heterocycles. The molecule has 9 heteroatoms. The molecule has 202 valence electrons. The Morgan fingerprint density at radius 3 is 1.64 bits per heavy atom. The Hall–Kier alpha value is -4.05. The standard InChI is InChI=1S/C30H28O9/c1-30(2)38-25-24(37-28(33)21-16-10-5-11-17-21)23(36-27(32)20-14-8-4-9-15-20)22(35-29(25)39-30)18-34-26(31)19-12-6-3-7-13-19/h3-17,22-25,29H,18H2,1-2H3. The van der Waals surface area contributed by atoms with Crippen LogP contribution in [0.3, 0.4) is 0 Å². The first-order valence-electron chi connectivity index (χ1n) is 12.6. The van der Waals surface area contributed by atoms with Crippen LogP contribution < -0.4 is 0 Å². The Morgan fingerprint density at radius 1 is 0.667 bits per heavy atom. The van der Waals surface area contributed by atoms with Crippen molar-refractivity contribution in [1.29, 1.82) is 0 Å². The van der Waals surface area contributed by atoms with E-state index in [4.69, 9.17) is 28.4 Å². The van der Waals surface area contributed by atoms with E-state index in [1.165, 1.54) is 0 Å². The van der Waals surface area contributed by atoms with Gasteiger partial charge in [0.1, 0.15) is 12.7 Å². The number of fused-ring (bicyclic) bond motifs is 1. The van der Waals surface area contributed by atoms with E-state index in [9.17, 15) is 14.4 Å². The Labute approximate surface area is 225 Å². The van der Waals surface area contributed by atoms with Crippen LogP contribution in [-0.2, 0) is 28.4 Å². The highest BCUT2D eigenvalue weighted by Crippen LogP contribution is 2.39. The fraction of sp³-hybridized carbons (Fsp3) is 0.300. The van der Waals surface area contributed by atoms with Gasteiger partial charge in [-0.05, 0) is 50.2 Å². The first-order chi connectivity index (χ1) is 18.8. The van der Waals surface area contributed by atoms with Crippen molar-refractivity contribution >= 4 is 17.9 Å². The van der Waals surface area contributed by atoms with E-state index >= 15 is 0 Å². The predicted octanol–water partition coefficient (Wildman–Crippen LogP) is 4.17. The molecular weight excluding hydrogens is 504 g/mol. The van der Waals surface area contributed by atoms with Crippen molar-refractivity contribution in [2.45, 2.75) is 50.3 Å². The third-order valence-corrected chi connectivity index (χ3v) is 6.30. The van der Waals surface area contributed by atoms with Gasteiger partial charge in [-0.3, -0.25) is 0 Å². The van der Waals surface area contributed by atoms with Crippen molar-refractivity contribution in [3.63, 3.8) is 0 Å². The highest BCUT2D eigenvalue weighted by molar-refractivity contribution is 5.91. The summed E-state index contributed by atoms with van der Waals surface area (Å²) in [6.07, 6.45) is -5.24. The summed E-state index contributed by atoms with van der Waals surface area (Å²) in [5.41, 5.74) is 0.938. The molecule has 5 atom stereocenters. The van der Waals surface area contributed by atoms with Gasteiger partial charge in [-0.15, -0.1) is 0 Å². The van der Waals surface area contributed by atoms with Crippen LogP contribution in [-0.4, -0.2) is 61.0 Å².